The van der Waals surface area contributed by atoms with Crippen LogP contribution >= 0.6 is 24.0 Å². The van der Waals surface area contributed by atoms with Crippen molar-refractivity contribution in [3.63, 3.8) is 0 Å². The summed E-state index contributed by atoms with van der Waals surface area (Å²) in [6.45, 7) is 2.56. The molecule has 0 unspecified atom stereocenters. The topological polar surface area (TPSA) is 123 Å². The lowest BCUT2D eigenvalue weighted by molar-refractivity contribution is 0.254. The molecule has 4 aromatic rings. The SMILES string of the molecule is Cl.Nc1nc(NC[C@H]2CCCN2Cc2ccnc(Cl)c2)nc2nc(-c3ccco3)nn12. The van der Waals surface area contributed by atoms with E-state index in [1.165, 1.54) is 4.52 Å². The van der Waals surface area contributed by atoms with Crippen LogP contribution in [0.3, 0.4) is 0 Å². The summed E-state index contributed by atoms with van der Waals surface area (Å²) in [7, 11) is 0. The van der Waals surface area contributed by atoms with Crippen LogP contribution < -0.4 is 11.1 Å². The van der Waals surface area contributed by atoms with Crippen molar-refractivity contribution in [2.45, 2.75) is 25.4 Å². The van der Waals surface area contributed by atoms with Gasteiger partial charge in [-0.3, -0.25) is 4.90 Å². The maximum Gasteiger partial charge on any atom is 0.259 e. The maximum absolute atomic E-state index is 6.06. The standard InChI is InChI=1S/C19H20ClN9O.ClH/c20-15-9-12(5-6-22-15)11-28-7-1-3-13(28)10-23-18-25-17(21)29-19(26-18)24-16(27-29)14-4-2-8-30-14;/h2,4-6,8-9,13H,1,3,7,10-11H2,(H3,21,23,24,25,26,27);1H/t13-;/m1./s1. The van der Waals surface area contributed by atoms with E-state index in [1.807, 2.05) is 12.1 Å². The first kappa shape index (κ1) is 21.3. The number of nitrogens with one attached hydrogen (secondary N) is 1. The third-order valence-corrected chi connectivity index (χ3v) is 5.35. The molecule has 1 fully saturated rings. The van der Waals surface area contributed by atoms with Crippen LogP contribution in [0.25, 0.3) is 17.4 Å². The van der Waals surface area contributed by atoms with Gasteiger partial charge in [-0.25, -0.2) is 4.98 Å². The van der Waals surface area contributed by atoms with Crippen molar-refractivity contribution >= 4 is 41.7 Å². The van der Waals surface area contributed by atoms with Gasteiger partial charge in [0.1, 0.15) is 5.15 Å². The van der Waals surface area contributed by atoms with Crippen LogP contribution in [0.5, 0.6) is 0 Å². The van der Waals surface area contributed by atoms with Gasteiger partial charge in [-0.1, -0.05) is 11.6 Å². The fourth-order valence-electron chi connectivity index (χ4n) is 3.71. The van der Waals surface area contributed by atoms with Crippen LogP contribution in [0.2, 0.25) is 5.15 Å². The summed E-state index contributed by atoms with van der Waals surface area (Å²) in [6, 6.07) is 7.81. The lowest BCUT2D eigenvalue weighted by Crippen LogP contribution is -2.34. The van der Waals surface area contributed by atoms with Gasteiger partial charge in [0, 0.05) is 25.3 Å². The molecule has 3 N–H and O–H groups in total. The zero-order valence-electron chi connectivity index (χ0n) is 16.5. The molecule has 4 aromatic heterocycles. The van der Waals surface area contributed by atoms with E-state index in [0.717, 1.165) is 31.5 Å². The molecule has 1 aliphatic rings. The smallest absolute Gasteiger partial charge is 0.259 e. The molecule has 0 saturated carbocycles. The Morgan fingerprint density at radius 3 is 2.97 bits per heavy atom. The van der Waals surface area contributed by atoms with E-state index in [1.54, 1.807) is 24.6 Å². The Bertz CT molecular complexity index is 1160. The summed E-state index contributed by atoms with van der Waals surface area (Å²) in [4.78, 5) is 19.6. The fourth-order valence-corrected chi connectivity index (χ4v) is 3.91. The van der Waals surface area contributed by atoms with Crippen LogP contribution in [0, 0.1) is 0 Å². The molecular formula is C19H21Cl2N9O. The number of nitrogens with two attached hydrogens (primary N) is 1. The van der Waals surface area contributed by atoms with Crippen molar-refractivity contribution in [3.05, 3.63) is 47.4 Å². The van der Waals surface area contributed by atoms with Crippen molar-refractivity contribution in [2.75, 3.05) is 24.1 Å². The molecule has 5 heterocycles. The summed E-state index contributed by atoms with van der Waals surface area (Å²) in [5.41, 5.74) is 7.21. The third-order valence-electron chi connectivity index (χ3n) is 5.15. The molecule has 10 nitrogen and oxygen atoms in total. The van der Waals surface area contributed by atoms with E-state index in [9.17, 15) is 0 Å². The number of likely N-dealkylation sites (tertiary alicyclic amines) is 1. The number of fused-ring (bicyclic) bond motifs is 1. The number of rotatable bonds is 6. The van der Waals surface area contributed by atoms with Gasteiger partial charge in [-0.15, -0.1) is 17.5 Å². The van der Waals surface area contributed by atoms with Gasteiger partial charge in [0.05, 0.1) is 6.26 Å². The van der Waals surface area contributed by atoms with E-state index in [4.69, 9.17) is 21.8 Å². The molecule has 0 aromatic carbocycles. The Kier molecular flexibility index (Phi) is 6.21. The molecule has 0 spiro atoms. The Balaban J connectivity index is 0.00000231. The summed E-state index contributed by atoms with van der Waals surface area (Å²) < 4.78 is 6.74. The first-order valence-corrected chi connectivity index (χ1v) is 10.1. The number of pyridine rings is 1. The van der Waals surface area contributed by atoms with Crippen LogP contribution in [0.15, 0.2) is 41.1 Å². The highest BCUT2D eigenvalue weighted by atomic mass is 35.5. The van der Waals surface area contributed by atoms with Crippen molar-refractivity contribution in [3.8, 4) is 11.6 Å². The van der Waals surface area contributed by atoms with Crippen molar-refractivity contribution in [1.82, 2.24) is 34.4 Å². The van der Waals surface area contributed by atoms with E-state index >= 15 is 0 Å². The number of nitrogen functional groups attached to an aromatic ring is 1. The third kappa shape index (κ3) is 4.55. The molecule has 1 atom stereocenters. The second kappa shape index (κ2) is 9.04. The molecular weight excluding hydrogens is 441 g/mol. The van der Waals surface area contributed by atoms with Crippen molar-refractivity contribution in [2.24, 2.45) is 0 Å². The van der Waals surface area contributed by atoms with Gasteiger partial charge in [-0.05, 0) is 49.2 Å². The lowest BCUT2D eigenvalue weighted by atomic mass is 10.2. The predicted octanol–water partition coefficient (Wildman–Crippen LogP) is 2.91. The Morgan fingerprint density at radius 2 is 2.16 bits per heavy atom. The fraction of sp³-hybridized carbons (Fsp3) is 0.316. The zero-order chi connectivity index (χ0) is 20.5. The number of hydrogen-bond acceptors (Lipinski definition) is 9. The van der Waals surface area contributed by atoms with Gasteiger partial charge in [-0.2, -0.15) is 19.5 Å². The Labute approximate surface area is 189 Å². The first-order chi connectivity index (χ1) is 14.7. The highest BCUT2D eigenvalue weighted by Crippen LogP contribution is 2.22. The number of aromatic nitrogens is 6. The number of nitrogens with zero attached hydrogens (tertiary/aromatic N) is 7. The second-order valence-electron chi connectivity index (χ2n) is 7.16. The molecule has 0 bridgehead atoms. The quantitative estimate of drug-likeness (QED) is 0.416. The van der Waals surface area contributed by atoms with Crippen molar-refractivity contribution in [1.29, 1.82) is 0 Å². The summed E-state index contributed by atoms with van der Waals surface area (Å²) in [6.07, 6.45) is 5.54. The Hall–Kier alpha value is -2.95. The van der Waals surface area contributed by atoms with E-state index in [0.29, 0.717) is 41.1 Å². The molecule has 5 rings (SSSR count). The van der Waals surface area contributed by atoms with Crippen LogP contribution in [-0.4, -0.2) is 53.6 Å². The average Bonchev–Trinajstić information content (AvgIpc) is 3.47. The molecule has 1 saturated heterocycles. The molecule has 0 aliphatic carbocycles. The van der Waals surface area contributed by atoms with E-state index in [-0.39, 0.29) is 18.4 Å². The summed E-state index contributed by atoms with van der Waals surface area (Å²) in [5, 5.41) is 8.13. The Morgan fingerprint density at radius 1 is 1.26 bits per heavy atom. The van der Waals surface area contributed by atoms with E-state index in [2.05, 4.69) is 35.3 Å². The predicted molar refractivity (Wildman–Crippen MR) is 119 cm³/mol. The molecule has 0 radical (unpaired) electrons. The molecule has 0 amide bonds. The van der Waals surface area contributed by atoms with Gasteiger partial charge in [0.2, 0.25) is 17.7 Å². The minimum absolute atomic E-state index is 0. The zero-order valence-corrected chi connectivity index (χ0v) is 18.1. The molecule has 31 heavy (non-hydrogen) atoms. The monoisotopic (exact) mass is 461 g/mol. The highest BCUT2D eigenvalue weighted by molar-refractivity contribution is 6.29. The second-order valence-corrected chi connectivity index (χ2v) is 7.55. The number of hydrogen-bond donors (Lipinski definition) is 2. The normalized spacial score (nSPS) is 16.5. The summed E-state index contributed by atoms with van der Waals surface area (Å²) >= 11 is 6.02. The number of anilines is 2. The van der Waals surface area contributed by atoms with Crippen LogP contribution in [0.4, 0.5) is 11.9 Å². The van der Waals surface area contributed by atoms with Gasteiger partial charge < -0.3 is 15.5 Å². The van der Waals surface area contributed by atoms with Crippen molar-refractivity contribution < 1.29 is 4.42 Å². The molecule has 162 valence electrons. The maximum atomic E-state index is 6.06. The van der Waals surface area contributed by atoms with Gasteiger partial charge >= 0.3 is 0 Å². The largest absolute Gasteiger partial charge is 0.461 e. The highest BCUT2D eigenvalue weighted by Gasteiger charge is 2.25. The van der Waals surface area contributed by atoms with Gasteiger partial charge in [0.15, 0.2) is 5.76 Å². The first-order valence-electron chi connectivity index (χ1n) is 9.68. The number of halogens is 2. The lowest BCUT2D eigenvalue weighted by Gasteiger charge is -2.24. The molecule has 12 heteroatoms. The van der Waals surface area contributed by atoms with E-state index < -0.39 is 0 Å². The molecule has 1 aliphatic heterocycles. The number of furan rings is 1. The minimum atomic E-state index is 0. The van der Waals surface area contributed by atoms with Crippen LogP contribution in [-0.2, 0) is 6.54 Å². The van der Waals surface area contributed by atoms with Crippen LogP contribution in [0.1, 0.15) is 18.4 Å². The summed E-state index contributed by atoms with van der Waals surface area (Å²) in [5.74, 6) is 1.97. The van der Waals surface area contributed by atoms with Gasteiger partial charge in [0.25, 0.3) is 5.78 Å². The minimum Gasteiger partial charge on any atom is -0.461 e. The average molecular weight is 462 g/mol.